The number of pyridine rings is 1. The summed E-state index contributed by atoms with van der Waals surface area (Å²) in [6, 6.07) is 12.4. The number of H-pyrrole nitrogens is 3. The minimum atomic E-state index is 0.746. The number of hydrogen-bond acceptors (Lipinski definition) is 4. The number of nitrogens with one attached hydrogen (secondary N) is 3. The van der Waals surface area contributed by atoms with Crippen molar-refractivity contribution in [3.05, 3.63) is 67.5 Å². The SMILES string of the molecule is c1cc(-c2ccoc2)c2cc(-c3n[nH]c4ncc(-c5cn[nH]c5)cc34)[nH]c2c1. The van der Waals surface area contributed by atoms with Gasteiger partial charge in [0.25, 0.3) is 0 Å². The van der Waals surface area contributed by atoms with Crippen LogP contribution in [0, 0.1) is 0 Å². The van der Waals surface area contributed by atoms with Gasteiger partial charge in [-0.1, -0.05) is 12.1 Å². The van der Waals surface area contributed by atoms with Crippen LogP contribution in [0.25, 0.3) is 55.6 Å². The van der Waals surface area contributed by atoms with E-state index in [1.807, 2.05) is 24.5 Å². The van der Waals surface area contributed by atoms with Gasteiger partial charge in [-0.3, -0.25) is 10.2 Å². The zero-order valence-electron chi connectivity index (χ0n) is 14.6. The third-order valence-electron chi connectivity index (χ3n) is 5.00. The molecule has 7 nitrogen and oxygen atoms in total. The first kappa shape index (κ1) is 15.0. The van der Waals surface area contributed by atoms with Crippen LogP contribution in [-0.2, 0) is 0 Å². The summed E-state index contributed by atoms with van der Waals surface area (Å²) < 4.78 is 5.26. The van der Waals surface area contributed by atoms with Crippen LogP contribution in [0.15, 0.2) is 71.9 Å². The summed E-state index contributed by atoms with van der Waals surface area (Å²) in [7, 11) is 0. The molecule has 0 bridgehead atoms. The highest BCUT2D eigenvalue weighted by Crippen LogP contribution is 2.34. The summed E-state index contributed by atoms with van der Waals surface area (Å²) in [5.41, 5.74) is 7.70. The molecule has 1 aromatic carbocycles. The van der Waals surface area contributed by atoms with Crippen molar-refractivity contribution in [1.82, 2.24) is 30.4 Å². The van der Waals surface area contributed by atoms with Crippen molar-refractivity contribution in [3.8, 4) is 33.6 Å². The molecule has 6 rings (SSSR count). The van der Waals surface area contributed by atoms with E-state index < -0.39 is 0 Å². The molecule has 0 saturated carbocycles. The lowest BCUT2D eigenvalue weighted by molar-refractivity contribution is 0.568. The summed E-state index contributed by atoms with van der Waals surface area (Å²) in [6.45, 7) is 0. The van der Waals surface area contributed by atoms with E-state index in [2.05, 4.69) is 54.6 Å². The minimum absolute atomic E-state index is 0.746. The fourth-order valence-corrected chi connectivity index (χ4v) is 3.63. The molecule has 134 valence electrons. The Hall–Kier alpha value is -4.13. The van der Waals surface area contributed by atoms with Gasteiger partial charge in [-0.05, 0) is 29.8 Å². The Morgan fingerprint density at radius 3 is 2.79 bits per heavy atom. The summed E-state index contributed by atoms with van der Waals surface area (Å²) in [5.74, 6) is 0. The molecule has 0 atom stereocenters. The molecule has 0 aliphatic carbocycles. The molecule has 7 heteroatoms. The monoisotopic (exact) mass is 366 g/mol. The van der Waals surface area contributed by atoms with Crippen LogP contribution in [0.4, 0.5) is 0 Å². The third-order valence-corrected chi connectivity index (χ3v) is 5.00. The van der Waals surface area contributed by atoms with E-state index >= 15 is 0 Å². The molecule has 0 radical (unpaired) electrons. The van der Waals surface area contributed by atoms with E-state index in [1.54, 1.807) is 18.7 Å². The predicted molar refractivity (Wildman–Crippen MR) is 106 cm³/mol. The summed E-state index contributed by atoms with van der Waals surface area (Å²) in [6.07, 6.45) is 8.89. The van der Waals surface area contributed by atoms with Crippen LogP contribution in [0.1, 0.15) is 0 Å². The Balaban J connectivity index is 1.55. The molecule has 0 spiro atoms. The maximum absolute atomic E-state index is 5.26. The van der Waals surface area contributed by atoms with Gasteiger partial charge in [0.15, 0.2) is 5.65 Å². The van der Waals surface area contributed by atoms with Crippen molar-refractivity contribution >= 4 is 21.9 Å². The first-order valence-electron chi connectivity index (χ1n) is 8.85. The van der Waals surface area contributed by atoms with Crippen LogP contribution in [0.3, 0.4) is 0 Å². The Morgan fingerprint density at radius 1 is 0.929 bits per heavy atom. The number of hydrogen-bond donors (Lipinski definition) is 3. The van der Waals surface area contributed by atoms with Crippen LogP contribution in [0.2, 0.25) is 0 Å². The first-order valence-corrected chi connectivity index (χ1v) is 8.85. The number of aromatic nitrogens is 6. The highest BCUT2D eigenvalue weighted by Gasteiger charge is 2.15. The second kappa shape index (κ2) is 5.68. The minimum Gasteiger partial charge on any atom is -0.472 e. The van der Waals surface area contributed by atoms with Gasteiger partial charge in [-0.2, -0.15) is 10.2 Å². The van der Waals surface area contributed by atoms with Crippen molar-refractivity contribution < 1.29 is 4.42 Å². The standard InChI is InChI=1S/C21H14N6O/c1-2-15(12-4-5-28-11-12)16-7-19(25-18(16)3-1)20-17-6-13(14-9-23-24-10-14)8-22-21(17)27-26-20/h1-11,25H,(H,23,24)(H,22,26,27). The Kier molecular flexibility index (Phi) is 3.04. The lowest BCUT2D eigenvalue weighted by Crippen LogP contribution is -1.81. The van der Waals surface area contributed by atoms with Gasteiger partial charge in [0.05, 0.1) is 24.4 Å². The normalized spacial score (nSPS) is 11.6. The van der Waals surface area contributed by atoms with Gasteiger partial charge in [-0.15, -0.1) is 0 Å². The molecular weight excluding hydrogens is 352 g/mol. The number of aromatic amines is 3. The summed E-state index contributed by atoms with van der Waals surface area (Å²) >= 11 is 0. The van der Waals surface area contributed by atoms with E-state index in [0.717, 1.165) is 55.6 Å². The highest BCUT2D eigenvalue weighted by molar-refractivity contribution is 6.01. The Labute approximate surface area is 158 Å². The van der Waals surface area contributed by atoms with Gasteiger partial charge in [0, 0.05) is 45.4 Å². The van der Waals surface area contributed by atoms with E-state index in [0.29, 0.717) is 0 Å². The molecule has 0 amide bonds. The van der Waals surface area contributed by atoms with Gasteiger partial charge in [0.1, 0.15) is 5.69 Å². The van der Waals surface area contributed by atoms with Crippen molar-refractivity contribution in [2.75, 3.05) is 0 Å². The highest BCUT2D eigenvalue weighted by atomic mass is 16.3. The third kappa shape index (κ3) is 2.20. The van der Waals surface area contributed by atoms with E-state index in [1.165, 1.54) is 0 Å². The van der Waals surface area contributed by atoms with Gasteiger partial charge >= 0.3 is 0 Å². The zero-order valence-corrected chi connectivity index (χ0v) is 14.6. The van der Waals surface area contributed by atoms with Crippen LogP contribution in [-0.4, -0.2) is 30.4 Å². The lowest BCUT2D eigenvalue weighted by atomic mass is 10.0. The number of benzene rings is 1. The molecule has 0 aliphatic rings. The maximum atomic E-state index is 5.26. The number of rotatable bonds is 3. The number of nitrogens with zero attached hydrogens (tertiary/aromatic N) is 3. The molecule has 28 heavy (non-hydrogen) atoms. The van der Waals surface area contributed by atoms with Crippen LogP contribution in [0.5, 0.6) is 0 Å². The maximum Gasteiger partial charge on any atom is 0.155 e. The second-order valence-electron chi connectivity index (χ2n) is 6.64. The van der Waals surface area contributed by atoms with Crippen molar-refractivity contribution in [2.24, 2.45) is 0 Å². The fraction of sp³-hybridized carbons (Fsp3) is 0. The number of furan rings is 1. The van der Waals surface area contributed by atoms with E-state index in [4.69, 9.17) is 4.42 Å². The van der Waals surface area contributed by atoms with Crippen molar-refractivity contribution in [3.63, 3.8) is 0 Å². The molecule has 5 heterocycles. The summed E-state index contributed by atoms with van der Waals surface area (Å²) in [5, 5.41) is 16.5. The quantitative estimate of drug-likeness (QED) is 0.420. The van der Waals surface area contributed by atoms with E-state index in [9.17, 15) is 0 Å². The average Bonchev–Trinajstić information content (AvgIpc) is 3.53. The van der Waals surface area contributed by atoms with E-state index in [-0.39, 0.29) is 0 Å². The van der Waals surface area contributed by atoms with Crippen molar-refractivity contribution in [1.29, 1.82) is 0 Å². The predicted octanol–water partition coefficient (Wildman–Crippen LogP) is 4.76. The Bertz CT molecular complexity index is 1410. The average molecular weight is 366 g/mol. The Morgan fingerprint density at radius 2 is 1.93 bits per heavy atom. The topological polar surface area (TPSA) is 99.2 Å². The van der Waals surface area contributed by atoms with Gasteiger partial charge in [-0.25, -0.2) is 4.98 Å². The lowest BCUT2D eigenvalue weighted by Gasteiger charge is -1.98. The van der Waals surface area contributed by atoms with Gasteiger partial charge in [0.2, 0.25) is 0 Å². The second-order valence-corrected chi connectivity index (χ2v) is 6.64. The molecule has 0 unspecified atom stereocenters. The smallest absolute Gasteiger partial charge is 0.155 e. The summed E-state index contributed by atoms with van der Waals surface area (Å²) in [4.78, 5) is 8.00. The van der Waals surface area contributed by atoms with Crippen LogP contribution >= 0.6 is 0 Å². The number of fused-ring (bicyclic) bond motifs is 2. The molecule has 5 aromatic heterocycles. The first-order chi connectivity index (χ1) is 13.9. The molecule has 0 fully saturated rings. The van der Waals surface area contributed by atoms with Crippen LogP contribution < -0.4 is 0 Å². The molecule has 0 saturated heterocycles. The zero-order chi connectivity index (χ0) is 18.5. The molecule has 0 aliphatic heterocycles. The fourth-order valence-electron chi connectivity index (χ4n) is 3.63. The van der Waals surface area contributed by atoms with Crippen molar-refractivity contribution in [2.45, 2.75) is 0 Å². The molecule has 3 N–H and O–H groups in total. The largest absolute Gasteiger partial charge is 0.472 e. The van der Waals surface area contributed by atoms with Gasteiger partial charge < -0.3 is 9.40 Å². The molecule has 6 aromatic rings. The molecular formula is C21H14N6O.